The molecule has 0 radical (unpaired) electrons. The number of methoxy groups -OCH3 is 1. The monoisotopic (exact) mass is 326 g/mol. The Hall–Kier alpha value is -0.580. The maximum Gasteiger partial charge on any atom is 0.133 e. The van der Waals surface area contributed by atoms with Crippen LogP contribution < -0.4 is 15.4 Å². The summed E-state index contributed by atoms with van der Waals surface area (Å²) in [5, 5.41) is 7.16. The molecule has 19 heavy (non-hydrogen) atoms. The Balaban J connectivity index is 1.78. The molecule has 1 saturated heterocycles. The maximum absolute atomic E-state index is 5.24. The summed E-state index contributed by atoms with van der Waals surface area (Å²) < 4.78 is 6.26. The van der Waals surface area contributed by atoms with Gasteiger partial charge < -0.3 is 15.4 Å². The van der Waals surface area contributed by atoms with E-state index in [1.54, 1.807) is 7.11 Å². The summed E-state index contributed by atoms with van der Waals surface area (Å²) in [6.45, 7) is 6.60. The minimum atomic E-state index is 0.279. The van der Waals surface area contributed by atoms with Gasteiger partial charge in [-0.05, 0) is 66.9 Å². The van der Waals surface area contributed by atoms with Crippen LogP contribution in [0.4, 0.5) is 0 Å². The van der Waals surface area contributed by atoms with Gasteiger partial charge in [0.1, 0.15) is 5.75 Å². The second kappa shape index (κ2) is 6.25. The van der Waals surface area contributed by atoms with Gasteiger partial charge in [-0.1, -0.05) is 6.07 Å². The van der Waals surface area contributed by atoms with Crippen LogP contribution in [0.15, 0.2) is 22.7 Å². The Labute approximate surface area is 124 Å². The number of nitrogens with one attached hydrogen (secondary N) is 2. The smallest absolute Gasteiger partial charge is 0.133 e. The Morgan fingerprint density at radius 1 is 1.47 bits per heavy atom. The number of rotatable bonds is 5. The average Bonchev–Trinajstić information content (AvgIpc) is 2.69. The first-order valence-electron chi connectivity index (χ1n) is 6.81. The molecule has 0 aromatic heterocycles. The third kappa shape index (κ3) is 4.20. The molecule has 106 valence electrons. The molecule has 3 nitrogen and oxygen atoms in total. The summed E-state index contributed by atoms with van der Waals surface area (Å²) in [7, 11) is 1.69. The Kier molecular flexibility index (Phi) is 4.87. The van der Waals surface area contributed by atoms with Crippen LogP contribution in [0.25, 0.3) is 0 Å². The summed E-state index contributed by atoms with van der Waals surface area (Å²) in [4.78, 5) is 0. The van der Waals surface area contributed by atoms with Crippen molar-refractivity contribution in [2.45, 2.75) is 38.3 Å². The first-order chi connectivity index (χ1) is 9.00. The minimum Gasteiger partial charge on any atom is -0.496 e. The second-order valence-corrected chi connectivity index (χ2v) is 6.69. The Morgan fingerprint density at radius 2 is 2.26 bits per heavy atom. The van der Waals surface area contributed by atoms with Gasteiger partial charge in [0.25, 0.3) is 0 Å². The molecule has 1 aromatic carbocycles. The third-order valence-electron chi connectivity index (χ3n) is 3.65. The molecule has 1 aliphatic rings. The fourth-order valence-electron chi connectivity index (χ4n) is 2.59. The van der Waals surface area contributed by atoms with Crippen LogP contribution in [0.1, 0.15) is 25.8 Å². The number of ether oxygens (including phenoxy) is 1. The summed E-state index contributed by atoms with van der Waals surface area (Å²) >= 11 is 3.52. The van der Waals surface area contributed by atoms with Crippen molar-refractivity contribution >= 4 is 15.9 Å². The highest BCUT2D eigenvalue weighted by molar-refractivity contribution is 9.10. The Morgan fingerprint density at radius 3 is 2.84 bits per heavy atom. The fraction of sp³-hybridized carbons (Fsp3) is 0.600. The summed E-state index contributed by atoms with van der Waals surface area (Å²) in [5.74, 6) is 0.887. The van der Waals surface area contributed by atoms with Crippen LogP contribution in [0.5, 0.6) is 5.75 Å². The van der Waals surface area contributed by atoms with Gasteiger partial charge >= 0.3 is 0 Å². The molecule has 0 bridgehead atoms. The van der Waals surface area contributed by atoms with Crippen molar-refractivity contribution in [3.05, 3.63) is 28.2 Å². The lowest BCUT2D eigenvalue weighted by Gasteiger charge is -2.17. The minimum absolute atomic E-state index is 0.279. The SMILES string of the molecule is COc1ccc(CCNC2CNC(C)(C)C2)cc1Br. The van der Waals surface area contributed by atoms with Crippen LogP contribution >= 0.6 is 15.9 Å². The molecule has 1 aromatic rings. The molecule has 4 heteroatoms. The van der Waals surface area contributed by atoms with Crippen molar-refractivity contribution in [2.75, 3.05) is 20.2 Å². The number of halogens is 1. The zero-order valence-electron chi connectivity index (χ0n) is 11.9. The van der Waals surface area contributed by atoms with Crippen molar-refractivity contribution in [1.29, 1.82) is 0 Å². The number of hydrogen-bond donors (Lipinski definition) is 2. The molecule has 0 spiro atoms. The van der Waals surface area contributed by atoms with Crippen LogP contribution in [-0.2, 0) is 6.42 Å². The standard InChI is InChI=1S/C15H23BrN2O/c1-15(2)9-12(10-18-15)17-7-6-11-4-5-14(19-3)13(16)8-11/h4-5,8,12,17-18H,6-7,9-10H2,1-3H3. The molecule has 1 heterocycles. The van der Waals surface area contributed by atoms with E-state index in [-0.39, 0.29) is 5.54 Å². The first kappa shape index (κ1) is 14.8. The van der Waals surface area contributed by atoms with E-state index in [1.165, 1.54) is 12.0 Å². The molecule has 2 rings (SSSR count). The molecule has 0 saturated carbocycles. The normalized spacial score (nSPS) is 21.6. The first-order valence-corrected chi connectivity index (χ1v) is 7.60. The summed E-state index contributed by atoms with van der Waals surface area (Å²) in [6.07, 6.45) is 2.23. The lowest BCUT2D eigenvalue weighted by atomic mass is 10.0. The van der Waals surface area contributed by atoms with E-state index in [4.69, 9.17) is 4.74 Å². The quantitative estimate of drug-likeness (QED) is 0.872. The Bertz CT molecular complexity index is 434. The third-order valence-corrected chi connectivity index (χ3v) is 4.27. The zero-order chi connectivity index (χ0) is 13.9. The number of hydrogen-bond acceptors (Lipinski definition) is 3. The predicted molar refractivity (Wildman–Crippen MR) is 82.9 cm³/mol. The van der Waals surface area contributed by atoms with Gasteiger partial charge in [0.05, 0.1) is 11.6 Å². The van der Waals surface area contributed by atoms with Crippen molar-refractivity contribution in [2.24, 2.45) is 0 Å². The number of benzene rings is 1. The fourth-order valence-corrected chi connectivity index (χ4v) is 3.18. The van der Waals surface area contributed by atoms with Gasteiger partial charge in [0.2, 0.25) is 0 Å². The van der Waals surface area contributed by atoms with Crippen LogP contribution in [0.3, 0.4) is 0 Å². The van der Waals surface area contributed by atoms with Crippen molar-refractivity contribution < 1.29 is 4.74 Å². The van der Waals surface area contributed by atoms with Crippen molar-refractivity contribution in [3.63, 3.8) is 0 Å². The van der Waals surface area contributed by atoms with Crippen molar-refractivity contribution in [3.8, 4) is 5.75 Å². The molecule has 1 aliphatic heterocycles. The summed E-state index contributed by atoms with van der Waals surface area (Å²) in [6, 6.07) is 6.87. The van der Waals surface area contributed by atoms with E-state index in [1.807, 2.05) is 6.07 Å². The van der Waals surface area contributed by atoms with E-state index in [2.05, 4.69) is 52.5 Å². The van der Waals surface area contributed by atoms with Gasteiger partial charge in [0, 0.05) is 18.1 Å². The molecule has 0 aliphatic carbocycles. The van der Waals surface area contributed by atoms with Crippen molar-refractivity contribution in [1.82, 2.24) is 10.6 Å². The largest absolute Gasteiger partial charge is 0.496 e. The lowest BCUT2D eigenvalue weighted by molar-refractivity contribution is 0.412. The summed E-state index contributed by atoms with van der Waals surface area (Å²) in [5.41, 5.74) is 1.60. The molecule has 0 amide bonds. The van der Waals surface area contributed by atoms with E-state index in [0.29, 0.717) is 6.04 Å². The molecular formula is C15H23BrN2O. The topological polar surface area (TPSA) is 33.3 Å². The maximum atomic E-state index is 5.24. The predicted octanol–water partition coefficient (Wildman–Crippen LogP) is 2.73. The van der Waals surface area contributed by atoms with E-state index >= 15 is 0 Å². The molecule has 1 unspecified atom stereocenters. The average molecular weight is 327 g/mol. The highest BCUT2D eigenvalue weighted by Crippen LogP contribution is 2.25. The van der Waals surface area contributed by atoms with E-state index in [9.17, 15) is 0 Å². The zero-order valence-corrected chi connectivity index (χ0v) is 13.5. The van der Waals surface area contributed by atoms with Crippen LogP contribution in [0.2, 0.25) is 0 Å². The second-order valence-electron chi connectivity index (χ2n) is 5.84. The highest BCUT2D eigenvalue weighted by atomic mass is 79.9. The molecule has 1 atom stereocenters. The molecule has 2 N–H and O–H groups in total. The lowest BCUT2D eigenvalue weighted by Crippen LogP contribution is -2.32. The van der Waals surface area contributed by atoms with Gasteiger partial charge in [-0.2, -0.15) is 0 Å². The highest BCUT2D eigenvalue weighted by Gasteiger charge is 2.29. The molecule has 1 fully saturated rings. The van der Waals surface area contributed by atoms with Gasteiger partial charge in [-0.25, -0.2) is 0 Å². The molecular weight excluding hydrogens is 304 g/mol. The van der Waals surface area contributed by atoms with Gasteiger partial charge in [-0.3, -0.25) is 0 Å². The van der Waals surface area contributed by atoms with E-state index in [0.717, 1.165) is 29.7 Å². The van der Waals surface area contributed by atoms with Gasteiger partial charge in [-0.15, -0.1) is 0 Å². The van der Waals surface area contributed by atoms with Crippen LogP contribution in [0, 0.1) is 0 Å². The van der Waals surface area contributed by atoms with Gasteiger partial charge in [0.15, 0.2) is 0 Å². The van der Waals surface area contributed by atoms with E-state index < -0.39 is 0 Å². The van der Waals surface area contributed by atoms with Crippen LogP contribution in [-0.4, -0.2) is 31.8 Å².